The van der Waals surface area contributed by atoms with Gasteiger partial charge in [-0.3, -0.25) is 0 Å². The van der Waals surface area contributed by atoms with E-state index in [0.717, 1.165) is 12.8 Å². The second-order valence-corrected chi connectivity index (χ2v) is 39.7. The molecule has 0 saturated heterocycles. The molecule has 138 heavy (non-hydrogen) atoms. The molecule has 0 atom stereocenters. The van der Waals surface area contributed by atoms with Gasteiger partial charge in [0.05, 0.1) is 0 Å². The van der Waals surface area contributed by atoms with Gasteiger partial charge in [-0.2, -0.15) is 0 Å². The second-order valence-electron chi connectivity index (χ2n) is 39.7. The summed E-state index contributed by atoms with van der Waals surface area (Å²) < 4.78 is 0. The average Bonchev–Trinajstić information content (AvgIpc) is 1.61. The van der Waals surface area contributed by atoms with Crippen LogP contribution < -0.4 is 0 Å². The second kappa shape index (κ2) is 34.8. The van der Waals surface area contributed by atoms with E-state index in [1.807, 2.05) is 0 Å². The van der Waals surface area contributed by atoms with E-state index in [4.69, 9.17) is 0 Å². The van der Waals surface area contributed by atoms with Crippen LogP contribution in [0.2, 0.25) is 0 Å². The number of hydrogen-bond acceptors (Lipinski definition) is 0. The van der Waals surface area contributed by atoms with Crippen LogP contribution in [0.25, 0.3) is 216 Å². The Hall–Kier alpha value is -15.9. The van der Waals surface area contributed by atoms with Gasteiger partial charge in [-0.05, 0) is 393 Å². The predicted molar refractivity (Wildman–Crippen MR) is 605 cm³/mol. The van der Waals surface area contributed by atoms with Crippen molar-refractivity contribution >= 4 is 194 Å². The first-order valence-electron chi connectivity index (χ1n) is 49.1. The normalized spacial score (nSPS) is 11.9. The molecule has 0 heterocycles. The quantitative estimate of drug-likeness (QED) is 0.133. The van der Waals surface area contributed by atoms with Gasteiger partial charge in [0, 0.05) is 0 Å². The molecule has 27 aromatic rings. The molecule has 0 aromatic heterocycles. The molecule has 2 aliphatic carbocycles. The summed E-state index contributed by atoms with van der Waals surface area (Å²) >= 11 is 0. The summed E-state index contributed by atoms with van der Waals surface area (Å²) in [7, 11) is 0. The Morgan fingerprint density at radius 1 is 0.130 bits per heavy atom. The molecule has 0 radical (unpaired) electrons. The molecule has 0 aliphatic heterocycles. The lowest BCUT2D eigenvalue weighted by Crippen LogP contribution is -1.88. The maximum absolute atomic E-state index is 2.39. The van der Waals surface area contributed by atoms with Gasteiger partial charge >= 0.3 is 0 Å². The summed E-state index contributed by atoms with van der Waals surface area (Å²) in [5.74, 6) is 0. The topological polar surface area (TPSA) is 0 Å². The Morgan fingerprint density at radius 3 is 0.797 bits per heavy atom. The smallest absolute Gasteiger partial charge is 0.000719 e. The molecule has 0 N–H and O–H groups in total. The molecule has 0 amide bonds. The monoisotopic (exact) mass is 1770 g/mol. The minimum atomic E-state index is 1.06. The predicted octanol–water partition coefficient (Wildman–Crippen LogP) is 38.9. The van der Waals surface area contributed by atoms with Crippen LogP contribution in [0.15, 0.2) is 388 Å². The number of benzene rings is 27. The minimum absolute atomic E-state index is 1.06. The summed E-state index contributed by atoms with van der Waals surface area (Å²) in [6, 6.07) is 143. The maximum atomic E-state index is 2.39. The summed E-state index contributed by atoms with van der Waals surface area (Å²) in [5.41, 5.74) is 30.5. The van der Waals surface area contributed by atoms with Crippen molar-refractivity contribution in [1.82, 2.24) is 0 Å². The molecule has 0 saturated carbocycles. The first-order chi connectivity index (χ1) is 67.2. The van der Waals surface area contributed by atoms with Crippen molar-refractivity contribution < 1.29 is 0 Å². The van der Waals surface area contributed by atoms with Crippen LogP contribution in [0.5, 0.6) is 0 Å². The fourth-order valence-corrected chi connectivity index (χ4v) is 23.6. The molecule has 0 unspecified atom stereocenters. The third-order valence-electron chi connectivity index (χ3n) is 30.0. The standard InChI is InChI=1S/C23H18.3C20H16.C19H16.2C18H14/c1-14-11-16-13-17-12-15(2)19-8-4-6-10-21(19)23(17)22(16)20-9-5-3-7-18(14)20;1-13-11-12-14(2)20-18-10-6-4-8-16(18)15-7-3-5-9-17(15)19(13)20;1-13-7-9-17-18-10-8-14(2)12-20(18)16-6-4-3-5-15(16)19(17)11-13;1-13-7-9-17-15-5-3-4-6-16(15)18-10-8-14(2)12-20(18)19(17)11-13;1-12-3-6-16-14(9-12)5-8-18-17-7-4-13(2)10-15(17)11-19(16)18;1-11-7-13-3-5-15-9-12(2)10-16-6-4-14(8-11)17(13)18(15)16;1-11-3-5-13-8-10-16-12(2)4-6-14-7-9-15(11)17(13)18(14)16/h3-12H,13H2,1-2H3;3*3-12H,1-2H3;3-10H,11H2,1-2H3;2*3-10H,1-2H3. The van der Waals surface area contributed by atoms with Crippen molar-refractivity contribution in [2.75, 3.05) is 0 Å². The Bertz CT molecular complexity index is 9080. The van der Waals surface area contributed by atoms with E-state index in [9.17, 15) is 0 Å². The maximum Gasteiger partial charge on any atom is -0.000719 e. The van der Waals surface area contributed by atoms with E-state index in [0.29, 0.717) is 0 Å². The zero-order valence-electron chi connectivity index (χ0n) is 81.4. The molecule has 2 aliphatic rings. The molecular weight excluding hydrogens is 1660 g/mol. The first-order valence-corrected chi connectivity index (χ1v) is 49.1. The van der Waals surface area contributed by atoms with Crippen molar-refractivity contribution in [3.8, 4) is 22.3 Å². The lowest BCUT2D eigenvalue weighted by atomic mass is 9.90. The summed E-state index contributed by atoms with van der Waals surface area (Å²) in [6.07, 6.45) is 2.13. The van der Waals surface area contributed by atoms with E-state index < -0.39 is 0 Å². The molecule has 0 nitrogen and oxygen atoms in total. The fraction of sp³-hybridized carbons (Fsp3) is 0.116. The molecule has 662 valence electrons. The van der Waals surface area contributed by atoms with Crippen molar-refractivity contribution in [3.63, 3.8) is 0 Å². The van der Waals surface area contributed by atoms with Crippen molar-refractivity contribution in [3.05, 3.63) is 488 Å². The highest BCUT2D eigenvalue weighted by Gasteiger charge is 2.26. The average molecular weight is 1770 g/mol. The van der Waals surface area contributed by atoms with Crippen LogP contribution in [0.3, 0.4) is 0 Å². The number of aryl methyl sites for hydroxylation is 14. The van der Waals surface area contributed by atoms with Gasteiger partial charge in [0.15, 0.2) is 0 Å². The highest BCUT2D eigenvalue weighted by Crippen LogP contribution is 2.49. The van der Waals surface area contributed by atoms with Gasteiger partial charge < -0.3 is 0 Å². The van der Waals surface area contributed by atoms with Gasteiger partial charge in [0.2, 0.25) is 0 Å². The van der Waals surface area contributed by atoms with Crippen LogP contribution in [0.4, 0.5) is 0 Å². The minimum Gasteiger partial charge on any atom is -0.0616 e. The van der Waals surface area contributed by atoms with Crippen molar-refractivity contribution in [2.24, 2.45) is 0 Å². The van der Waals surface area contributed by atoms with Gasteiger partial charge in [-0.25, -0.2) is 0 Å². The molecule has 0 fully saturated rings. The van der Waals surface area contributed by atoms with Crippen LogP contribution in [-0.4, -0.2) is 0 Å². The number of fused-ring (bicyclic) bond motifs is 30. The molecule has 29 rings (SSSR count). The Balaban J connectivity index is 0.0000000903. The molecule has 0 heteroatoms. The summed E-state index contributed by atoms with van der Waals surface area (Å²) in [4.78, 5) is 0. The third kappa shape index (κ3) is 15.1. The van der Waals surface area contributed by atoms with E-state index >= 15 is 0 Å². The van der Waals surface area contributed by atoms with E-state index in [2.05, 4.69) is 485 Å². The largest absolute Gasteiger partial charge is 0.0616 e. The van der Waals surface area contributed by atoms with Crippen LogP contribution in [-0.2, 0) is 12.8 Å². The van der Waals surface area contributed by atoms with E-state index in [-0.39, 0.29) is 0 Å². The molecule has 0 spiro atoms. The van der Waals surface area contributed by atoms with E-state index in [1.54, 1.807) is 0 Å². The van der Waals surface area contributed by atoms with Gasteiger partial charge in [-0.15, -0.1) is 0 Å². The van der Waals surface area contributed by atoms with E-state index in [1.165, 1.54) is 316 Å². The van der Waals surface area contributed by atoms with Crippen molar-refractivity contribution in [1.29, 1.82) is 0 Å². The summed E-state index contributed by atoms with van der Waals surface area (Å²) in [6.45, 7) is 30.6. The highest BCUT2D eigenvalue weighted by molar-refractivity contribution is 6.30. The lowest BCUT2D eigenvalue weighted by molar-refractivity contribution is 1.25. The Morgan fingerprint density at radius 2 is 0.399 bits per heavy atom. The van der Waals surface area contributed by atoms with Gasteiger partial charge in [0.1, 0.15) is 0 Å². The van der Waals surface area contributed by atoms with Gasteiger partial charge in [0.25, 0.3) is 0 Å². The Kier molecular flexibility index (Phi) is 21.8. The molecule has 27 aromatic carbocycles. The zero-order valence-corrected chi connectivity index (χ0v) is 81.4. The summed E-state index contributed by atoms with van der Waals surface area (Å²) in [5, 5.41) is 49.4. The highest BCUT2D eigenvalue weighted by atomic mass is 14.3. The van der Waals surface area contributed by atoms with Crippen LogP contribution >= 0.6 is 0 Å². The van der Waals surface area contributed by atoms with Gasteiger partial charge in [-0.1, -0.05) is 422 Å². The van der Waals surface area contributed by atoms with Crippen molar-refractivity contribution in [2.45, 2.75) is 110 Å². The number of rotatable bonds is 0. The third-order valence-corrected chi connectivity index (χ3v) is 30.0. The lowest BCUT2D eigenvalue weighted by Gasteiger charge is -2.14. The van der Waals surface area contributed by atoms with Crippen LogP contribution in [0, 0.1) is 96.9 Å². The zero-order chi connectivity index (χ0) is 94.2. The molecular formula is C138H110. The molecule has 0 bridgehead atoms. The SMILES string of the molecule is Cc1cc2c(c3ccccc13)-c1c(cc(C)c3ccccc13)C2.Cc1cc2ccc3cc(C)cc4ccc(c1)c2c34.Cc1ccc(C)c2c3ccccc3c3ccccc3c12.Cc1ccc2c(c1)Cc1c-2ccc2cc(C)ccc12.Cc1ccc2c3ccc(C)cc3c3ccccc3c2c1.Cc1ccc2c3ccccc3c3ccc(C)cc3c2c1.Cc1ccc2ccc3c(C)ccc4ccc1c2c43. The first kappa shape index (κ1) is 86.3. The van der Waals surface area contributed by atoms with Crippen LogP contribution in [0.1, 0.15) is 100 Å². The Labute approximate surface area is 808 Å². The number of hydrogen-bond donors (Lipinski definition) is 0. The fourth-order valence-electron chi connectivity index (χ4n) is 23.6.